The molecule has 1 aromatic rings. The van der Waals surface area contributed by atoms with Crippen LogP contribution >= 0.6 is 0 Å². The lowest BCUT2D eigenvalue weighted by Crippen LogP contribution is -2.37. The summed E-state index contributed by atoms with van der Waals surface area (Å²) in [5.74, 6) is 0. The maximum atomic E-state index is 5.52. The van der Waals surface area contributed by atoms with E-state index >= 15 is 0 Å². The summed E-state index contributed by atoms with van der Waals surface area (Å²) in [7, 11) is 1.97. The molecule has 0 aromatic heterocycles. The molecule has 1 aliphatic heterocycles. The van der Waals surface area contributed by atoms with Gasteiger partial charge in [0.15, 0.2) is 0 Å². The van der Waals surface area contributed by atoms with Crippen molar-refractivity contribution in [3.63, 3.8) is 0 Å². The third kappa shape index (κ3) is 12.3. The molecule has 3 atom stereocenters. The molecule has 4 nitrogen and oxygen atoms in total. The number of anilines is 1. The Labute approximate surface area is 211 Å². The first-order chi connectivity index (χ1) is 16.5. The molecule has 34 heavy (non-hydrogen) atoms. The Bertz CT molecular complexity index is 648. The number of ether oxygens (including phenoxy) is 1. The quantitative estimate of drug-likeness (QED) is 0.193. The van der Waals surface area contributed by atoms with Crippen LogP contribution in [0.3, 0.4) is 0 Å². The number of aryl methyl sites for hydroxylation is 2. The summed E-state index contributed by atoms with van der Waals surface area (Å²) in [5.41, 5.74) is 9.48. The van der Waals surface area contributed by atoms with Gasteiger partial charge in [-0.15, -0.1) is 0 Å². The second-order valence-electron chi connectivity index (χ2n) is 10.0. The van der Waals surface area contributed by atoms with E-state index in [2.05, 4.69) is 62.7 Å². The minimum Gasteiger partial charge on any atom is -0.499 e. The van der Waals surface area contributed by atoms with E-state index < -0.39 is 0 Å². The number of nitrogens with zero attached hydrogens (tertiary/aromatic N) is 1. The van der Waals surface area contributed by atoms with Crippen LogP contribution in [0.25, 0.3) is 0 Å². The summed E-state index contributed by atoms with van der Waals surface area (Å²) in [5, 5.41) is 3.19. The molecule has 0 radical (unpaired) electrons. The molecule has 1 saturated heterocycles. The monoisotopic (exact) mass is 473 g/mol. The second kappa shape index (κ2) is 18.8. The molecule has 0 amide bonds. The molecule has 1 aromatic carbocycles. The van der Waals surface area contributed by atoms with Gasteiger partial charge in [-0.2, -0.15) is 0 Å². The van der Waals surface area contributed by atoms with E-state index in [4.69, 9.17) is 10.5 Å². The smallest absolute Gasteiger partial charge is 0.0965 e. The lowest BCUT2D eigenvalue weighted by atomic mass is 10.1. The summed E-state index contributed by atoms with van der Waals surface area (Å²) in [6, 6.07) is 7.96. The fourth-order valence-electron chi connectivity index (χ4n) is 5.12. The number of hydrogen-bond acceptors (Lipinski definition) is 4. The minimum atomic E-state index is 0.291. The van der Waals surface area contributed by atoms with Crippen molar-refractivity contribution in [2.75, 3.05) is 25.5 Å². The van der Waals surface area contributed by atoms with Crippen molar-refractivity contribution in [3.05, 3.63) is 42.2 Å². The Balaban J connectivity index is 0.000000437. The van der Waals surface area contributed by atoms with Gasteiger partial charge in [0, 0.05) is 24.8 Å². The fraction of sp³-hybridized carbons (Fsp3) is 0.733. The summed E-state index contributed by atoms with van der Waals surface area (Å²) in [6.07, 6.45) is 17.6. The van der Waals surface area contributed by atoms with Gasteiger partial charge in [-0.25, -0.2) is 0 Å². The van der Waals surface area contributed by atoms with Gasteiger partial charge in [0.05, 0.1) is 12.4 Å². The molecular formula is C30H55N3O. The third-order valence-electron chi connectivity index (χ3n) is 7.17. The Morgan fingerprint density at radius 3 is 2.35 bits per heavy atom. The van der Waals surface area contributed by atoms with Gasteiger partial charge in [0.2, 0.25) is 0 Å². The molecular weight excluding hydrogens is 418 g/mol. The molecule has 0 aliphatic carbocycles. The van der Waals surface area contributed by atoms with Crippen LogP contribution in [0.15, 0.2) is 31.0 Å². The molecule has 0 saturated carbocycles. The molecule has 3 unspecified atom stereocenters. The van der Waals surface area contributed by atoms with Gasteiger partial charge < -0.3 is 15.8 Å². The number of unbranched alkanes of at least 4 members (excludes halogenated alkanes) is 7. The van der Waals surface area contributed by atoms with Gasteiger partial charge in [0.25, 0.3) is 0 Å². The number of likely N-dealkylation sites (tertiary alicyclic amines) is 1. The maximum Gasteiger partial charge on any atom is 0.0965 e. The van der Waals surface area contributed by atoms with Crippen molar-refractivity contribution < 1.29 is 4.74 Å². The highest BCUT2D eigenvalue weighted by atomic mass is 16.5. The molecule has 196 valence electrons. The lowest BCUT2D eigenvalue weighted by Gasteiger charge is -2.30. The highest BCUT2D eigenvalue weighted by Gasteiger charge is 2.31. The van der Waals surface area contributed by atoms with E-state index in [1.807, 2.05) is 7.05 Å². The maximum absolute atomic E-state index is 5.52. The van der Waals surface area contributed by atoms with E-state index in [9.17, 15) is 0 Å². The largest absolute Gasteiger partial charge is 0.499 e. The molecule has 0 bridgehead atoms. The predicted octanol–water partition coefficient (Wildman–Crippen LogP) is 7.46. The fourth-order valence-corrected chi connectivity index (χ4v) is 5.12. The van der Waals surface area contributed by atoms with Crippen LogP contribution in [0.5, 0.6) is 0 Å². The summed E-state index contributed by atoms with van der Waals surface area (Å²) in [4.78, 5) is 2.73. The summed E-state index contributed by atoms with van der Waals surface area (Å²) < 4.78 is 5.51. The van der Waals surface area contributed by atoms with Crippen LogP contribution in [0.4, 0.5) is 5.69 Å². The van der Waals surface area contributed by atoms with Gasteiger partial charge in [-0.1, -0.05) is 64.2 Å². The van der Waals surface area contributed by atoms with Gasteiger partial charge in [0.1, 0.15) is 0 Å². The topological polar surface area (TPSA) is 50.5 Å². The molecule has 1 aliphatic rings. The predicted molar refractivity (Wildman–Crippen MR) is 151 cm³/mol. The molecule has 2 rings (SSSR count). The molecule has 3 N–H and O–H groups in total. The van der Waals surface area contributed by atoms with Crippen LogP contribution in [-0.4, -0.2) is 43.2 Å². The summed E-state index contributed by atoms with van der Waals surface area (Å²) in [6.45, 7) is 14.6. The number of benzene rings is 1. The zero-order valence-electron chi connectivity index (χ0n) is 23.1. The van der Waals surface area contributed by atoms with E-state index in [0.717, 1.165) is 25.4 Å². The van der Waals surface area contributed by atoms with Crippen molar-refractivity contribution >= 4 is 5.69 Å². The highest BCUT2D eigenvalue weighted by molar-refractivity contribution is 5.52. The van der Waals surface area contributed by atoms with E-state index in [1.165, 1.54) is 87.6 Å². The number of nitrogens with one attached hydrogen (secondary N) is 1. The standard InChI is InChI=1S/C20H40N2O.C10H15N/c1-4-23-19(3)17-20-14-13-18(2)22(20)16-12-10-8-6-5-7-9-11-15-21;1-4-9-6-5-8(2)7-10(9)11-3/h4,18-20H,1,5-17,21H2,2-3H3;5-7,11H,4H2,1-3H3. The Kier molecular flexibility index (Phi) is 16.8. The van der Waals surface area contributed by atoms with Crippen molar-refractivity contribution in [2.45, 2.75) is 123 Å². The van der Waals surface area contributed by atoms with E-state index in [0.29, 0.717) is 12.1 Å². The highest BCUT2D eigenvalue weighted by Crippen LogP contribution is 2.28. The van der Waals surface area contributed by atoms with Crippen molar-refractivity contribution in [3.8, 4) is 0 Å². The number of rotatable bonds is 16. The van der Waals surface area contributed by atoms with Crippen LogP contribution < -0.4 is 11.1 Å². The van der Waals surface area contributed by atoms with E-state index in [-0.39, 0.29) is 0 Å². The molecule has 0 spiro atoms. The Morgan fingerprint density at radius 1 is 1.12 bits per heavy atom. The average molecular weight is 474 g/mol. The first-order valence-electron chi connectivity index (χ1n) is 14.0. The van der Waals surface area contributed by atoms with Crippen LogP contribution in [0.1, 0.15) is 103 Å². The molecule has 1 fully saturated rings. The van der Waals surface area contributed by atoms with Crippen LogP contribution in [0.2, 0.25) is 0 Å². The van der Waals surface area contributed by atoms with Gasteiger partial charge in [-0.05, 0) is 89.6 Å². The number of hydrogen-bond donors (Lipinski definition) is 2. The van der Waals surface area contributed by atoms with Crippen molar-refractivity contribution in [2.24, 2.45) is 5.73 Å². The van der Waals surface area contributed by atoms with Crippen LogP contribution in [-0.2, 0) is 11.2 Å². The van der Waals surface area contributed by atoms with Crippen molar-refractivity contribution in [1.29, 1.82) is 0 Å². The normalized spacial score (nSPS) is 18.8. The first-order valence-corrected chi connectivity index (χ1v) is 14.0. The van der Waals surface area contributed by atoms with Gasteiger partial charge in [-0.3, -0.25) is 4.90 Å². The summed E-state index contributed by atoms with van der Waals surface area (Å²) >= 11 is 0. The first kappa shape index (κ1) is 30.5. The zero-order chi connectivity index (χ0) is 25.2. The van der Waals surface area contributed by atoms with Gasteiger partial charge >= 0.3 is 0 Å². The average Bonchev–Trinajstić information content (AvgIpc) is 3.17. The van der Waals surface area contributed by atoms with E-state index in [1.54, 1.807) is 6.26 Å². The minimum absolute atomic E-state index is 0.291. The Hall–Kier alpha value is -1.52. The second-order valence-corrected chi connectivity index (χ2v) is 10.0. The Morgan fingerprint density at radius 2 is 1.76 bits per heavy atom. The van der Waals surface area contributed by atoms with Crippen molar-refractivity contribution in [1.82, 2.24) is 4.90 Å². The number of nitrogens with two attached hydrogens (primary N) is 1. The third-order valence-corrected chi connectivity index (χ3v) is 7.17. The SMILES string of the molecule is C=COC(C)CC1CCC(C)N1CCCCCCCCCCN.CCc1ccc(C)cc1NC. The van der Waals surface area contributed by atoms with Crippen LogP contribution in [0, 0.1) is 6.92 Å². The molecule has 1 heterocycles. The lowest BCUT2D eigenvalue weighted by molar-refractivity contribution is 0.104. The zero-order valence-corrected chi connectivity index (χ0v) is 23.1. The molecule has 4 heteroatoms.